The normalized spacial score (nSPS) is 14.4. The van der Waals surface area contributed by atoms with E-state index in [1.807, 2.05) is 0 Å². The van der Waals surface area contributed by atoms with Crippen molar-refractivity contribution in [2.24, 2.45) is 14.1 Å². The highest BCUT2D eigenvalue weighted by Crippen LogP contribution is 2.42. The van der Waals surface area contributed by atoms with Crippen molar-refractivity contribution < 1.29 is 23.0 Å². The minimum absolute atomic E-state index is 0.0880. The minimum atomic E-state index is -3.75. The van der Waals surface area contributed by atoms with Crippen molar-refractivity contribution >= 4 is 22.8 Å². The Kier molecular flexibility index (Phi) is 3.73. The zero-order chi connectivity index (χ0) is 20.2. The van der Waals surface area contributed by atoms with Gasteiger partial charge in [-0.15, -0.1) is 8.78 Å². The molecule has 1 amide bonds. The highest BCUT2D eigenvalue weighted by atomic mass is 19.3. The smallest absolute Gasteiger partial charge is 0.395 e. The van der Waals surface area contributed by atoms with Crippen LogP contribution in [0.15, 0.2) is 34.1 Å². The minimum Gasteiger partial charge on any atom is -0.395 e. The first-order valence-corrected chi connectivity index (χ1v) is 7.97. The van der Waals surface area contributed by atoms with Crippen molar-refractivity contribution in [2.45, 2.75) is 12.8 Å². The first kappa shape index (κ1) is 17.7. The van der Waals surface area contributed by atoms with Crippen LogP contribution < -0.4 is 26.0 Å². The van der Waals surface area contributed by atoms with Crippen LogP contribution in [0.5, 0.6) is 11.5 Å². The van der Waals surface area contributed by atoms with Gasteiger partial charge in [-0.25, -0.2) is 9.78 Å². The summed E-state index contributed by atoms with van der Waals surface area (Å²) in [7, 11) is 2.79. The molecule has 1 aliphatic rings. The van der Waals surface area contributed by atoms with Crippen LogP contribution in [0.1, 0.15) is 0 Å². The Balaban J connectivity index is 1.59. The number of alkyl halides is 2. The number of rotatable bonds is 3. The monoisotopic (exact) mass is 393 g/mol. The van der Waals surface area contributed by atoms with Crippen LogP contribution in [-0.4, -0.2) is 30.9 Å². The molecular weight excluding hydrogens is 380 g/mol. The molecule has 2 aromatic heterocycles. The van der Waals surface area contributed by atoms with Gasteiger partial charge in [-0.3, -0.25) is 18.7 Å². The third kappa shape index (κ3) is 2.78. The quantitative estimate of drug-likeness (QED) is 0.690. The second-order valence-electron chi connectivity index (χ2n) is 6.13. The van der Waals surface area contributed by atoms with Crippen molar-refractivity contribution in [3.05, 3.63) is 45.4 Å². The summed E-state index contributed by atoms with van der Waals surface area (Å²) >= 11 is 0. The molecule has 0 atom stereocenters. The van der Waals surface area contributed by atoms with E-state index in [9.17, 15) is 23.2 Å². The summed E-state index contributed by atoms with van der Waals surface area (Å²) in [5, 5.41) is 2.52. The number of carbonyl (C=O) groups excluding carboxylic acids is 1. The number of halogens is 2. The summed E-state index contributed by atoms with van der Waals surface area (Å²) in [5.41, 5.74) is -0.691. The van der Waals surface area contributed by atoms with E-state index in [0.717, 1.165) is 4.57 Å². The molecule has 1 aromatic carbocycles. The van der Waals surface area contributed by atoms with Crippen LogP contribution in [0.4, 0.5) is 14.5 Å². The van der Waals surface area contributed by atoms with Crippen LogP contribution in [-0.2, 0) is 25.4 Å². The predicted molar refractivity (Wildman–Crippen MR) is 91.5 cm³/mol. The standard InChI is InChI=1S/C16H13F2N5O5/c1-21-13-12(14(25)22(2)15(21)26)23(7-19-13)6-11(24)20-8-3-4-9-10(5-8)28-16(17,18)27-9/h3-5,7H,6H2,1-2H3,(H,20,24). The third-order valence-electron chi connectivity index (χ3n) is 4.22. The number of imidazole rings is 1. The number of hydrogen-bond donors (Lipinski definition) is 1. The number of ether oxygens (including phenoxy) is 2. The van der Waals surface area contributed by atoms with Gasteiger partial charge < -0.3 is 19.4 Å². The van der Waals surface area contributed by atoms with E-state index in [0.29, 0.717) is 0 Å². The molecule has 0 fully saturated rings. The molecule has 10 nitrogen and oxygen atoms in total. The Morgan fingerprint density at radius 1 is 1.18 bits per heavy atom. The second kappa shape index (κ2) is 5.90. The van der Waals surface area contributed by atoms with Crippen molar-refractivity contribution in [1.29, 1.82) is 0 Å². The third-order valence-corrected chi connectivity index (χ3v) is 4.22. The van der Waals surface area contributed by atoms with Gasteiger partial charge in [0.25, 0.3) is 5.56 Å². The number of hydrogen-bond acceptors (Lipinski definition) is 6. The Hall–Kier alpha value is -3.70. The van der Waals surface area contributed by atoms with E-state index >= 15 is 0 Å². The van der Waals surface area contributed by atoms with Gasteiger partial charge in [-0.1, -0.05) is 0 Å². The zero-order valence-corrected chi connectivity index (χ0v) is 14.6. The van der Waals surface area contributed by atoms with Gasteiger partial charge in [-0.2, -0.15) is 0 Å². The van der Waals surface area contributed by atoms with Crippen LogP contribution in [0.25, 0.3) is 11.2 Å². The molecular formula is C16H13F2N5O5. The van der Waals surface area contributed by atoms with Crippen molar-refractivity contribution in [1.82, 2.24) is 18.7 Å². The average molecular weight is 393 g/mol. The lowest BCUT2D eigenvalue weighted by Gasteiger charge is -2.08. The lowest BCUT2D eigenvalue weighted by molar-refractivity contribution is -0.286. The first-order chi connectivity index (χ1) is 13.2. The number of carbonyl (C=O) groups is 1. The van der Waals surface area contributed by atoms with Crippen molar-refractivity contribution in [2.75, 3.05) is 5.32 Å². The van der Waals surface area contributed by atoms with Gasteiger partial charge in [0.15, 0.2) is 22.7 Å². The molecule has 1 aliphatic heterocycles. The molecule has 0 bridgehead atoms. The fourth-order valence-corrected chi connectivity index (χ4v) is 2.90. The number of aryl methyl sites for hydroxylation is 1. The largest absolute Gasteiger partial charge is 0.586 e. The van der Waals surface area contributed by atoms with Crippen LogP contribution >= 0.6 is 0 Å². The summed E-state index contributed by atoms with van der Waals surface area (Å²) in [6.07, 6.45) is -2.48. The summed E-state index contributed by atoms with van der Waals surface area (Å²) in [4.78, 5) is 40.7. The molecule has 28 heavy (non-hydrogen) atoms. The van der Waals surface area contributed by atoms with Gasteiger partial charge >= 0.3 is 12.0 Å². The molecule has 0 saturated heterocycles. The van der Waals surface area contributed by atoms with Gasteiger partial charge in [0, 0.05) is 25.8 Å². The fourth-order valence-electron chi connectivity index (χ4n) is 2.90. The number of fused-ring (bicyclic) bond motifs is 2. The molecule has 3 aromatic rings. The highest BCUT2D eigenvalue weighted by molar-refractivity contribution is 5.91. The molecule has 146 valence electrons. The number of nitrogens with one attached hydrogen (secondary N) is 1. The van der Waals surface area contributed by atoms with Crippen LogP contribution in [0.3, 0.4) is 0 Å². The molecule has 0 unspecified atom stereocenters. The molecule has 0 saturated carbocycles. The molecule has 1 N–H and O–H groups in total. The van der Waals surface area contributed by atoms with E-state index in [1.165, 1.54) is 47.8 Å². The van der Waals surface area contributed by atoms with Gasteiger partial charge in [0.1, 0.15) is 6.54 Å². The van der Waals surface area contributed by atoms with Crippen LogP contribution in [0.2, 0.25) is 0 Å². The van der Waals surface area contributed by atoms with E-state index < -0.39 is 23.5 Å². The summed E-state index contributed by atoms with van der Waals surface area (Å²) in [6.45, 7) is -0.283. The molecule has 3 heterocycles. The zero-order valence-electron chi connectivity index (χ0n) is 14.6. The van der Waals surface area contributed by atoms with E-state index in [1.54, 1.807) is 0 Å². The fraction of sp³-hybridized carbons (Fsp3) is 0.250. The first-order valence-electron chi connectivity index (χ1n) is 7.97. The lowest BCUT2D eigenvalue weighted by Crippen LogP contribution is -2.37. The average Bonchev–Trinajstić information content (AvgIpc) is 3.16. The summed E-state index contributed by atoms with van der Waals surface area (Å²) in [6, 6.07) is 3.81. The molecule has 0 aliphatic carbocycles. The Morgan fingerprint density at radius 2 is 1.89 bits per heavy atom. The maximum Gasteiger partial charge on any atom is 0.586 e. The molecule has 4 rings (SSSR count). The number of aromatic nitrogens is 4. The number of anilines is 1. The number of nitrogens with zero attached hydrogens (tertiary/aromatic N) is 4. The van der Waals surface area contributed by atoms with Crippen molar-refractivity contribution in [3.8, 4) is 11.5 Å². The SMILES string of the molecule is Cn1c(=O)c2c(ncn2CC(=O)Nc2ccc3c(c2)OC(F)(F)O3)n(C)c1=O. The maximum atomic E-state index is 13.1. The summed E-state index contributed by atoms with van der Waals surface area (Å²) < 4.78 is 38.2. The Morgan fingerprint density at radius 3 is 2.64 bits per heavy atom. The van der Waals surface area contributed by atoms with Crippen LogP contribution in [0, 0.1) is 0 Å². The van der Waals surface area contributed by atoms with E-state index in [4.69, 9.17) is 0 Å². The molecule has 0 radical (unpaired) electrons. The van der Waals surface area contributed by atoms with Gasteiger partial charge in [0.2, 0.25) is 5.91 Å². The second-order valence-corrected chi connectivity index (χ2v) is 6.13. The predicted octanol–water partition coefficient (Wildman–Crippen LogP) is 0.394. The lowest BCUT2D eigenvalue weighted by atomic mass is 10.3. The highest BCUT2D eigenvalue weighted by Gasteiger charge is 2.43. The van der Waals surface area contributed by atoms with E-state index in [-0.39, 0.29) is 34.9 Å². The Bertz CT molecular complexity index is 1240. The molecule has 12 heteroatoms. The van der Waals surface area contributed by atoms with Gasteiger partial charge in [0.05, 0.1) is 6.33 Å². The number of amides is 1. The van der Waals surface area contributed by atoms with E-state index in [2.05, 4.69) is 19.8 Å². The molecule has 0 spiro atoms. The topological polar surface area (TPSA) is 109 Å². The van der Waals surface area contributed by atoms with Gasteiger partial charge in [-0.05, 0) is 12.1 Å². The Labute approximate surface area is 154 Å². The van der Waals surface area contributed by atoms with Crippen molar-refractivity contribution in [3.63, 3.8) is 0 Å². The number of benzene rings is 1. The summed E-state index contributed by atoms with van der Waals surface area (Å²) in [5.74, 6) is -0.895. The maximum absolute atomic E-state index is 13.1.